The van der Waals surface area contributed by atoms with Crippen LogP contribution in [0.5, 0.6) is 0 Å². The summed E-state index contributed by atoms with van der Waals surface area (Å²) < 4.78 is 6.61. The Bertz CT molecular complexity index is 1010. The van der Waals surface area contributed by atoms with E-state index >= 15 is 0 Å². The van der Waals surface area contributed by atoms with Crippen LogP contribution in [0.3, 0.4) is 0 Å². The number of aromatic nitrogens is 4. The van der Waals surface area contributed by atoms with Crippen molar-refractivity contribution in [3.63, 3.8) is 0 Å². The number of benzene rings is 1. The number of hydrogen-bond acceptors (Lipinski definition) is 5. The highest BCUT2D eigenvalue weighted by Gasteiger charge is 2.13. The van der Waals surface area contributed by atoms with Crippen molar-refractivity contribution in [2.45, 2.75) is 0 Å². The van der Waals surface area contributed by atoms with Crippen LogP contribution in [0.1, 0.15) is 0 Å². The van der Waals surface area contributed by atoms with E-state index in [1.54, 1.807) is 28.8 Å². The van der Waals surface area contributed by atoms with Crippen LogP contribution in [0, 0.1) is 0 Å². The molecule has 0 saturated carbocycles. The molecular weight excluding hydrogens is 337 g/mol. The van der Waals surface area contributed by atoms with Crippen molar-refractivity contribution in [1.29, 1.82) is 0 Å². The zero-order chi connectivity index (χ0) is 16.0. The Morgan fingerprint density at radius 1 is 1.00 bits per heavy atom. The number of rotatable bonds is 2. The Labute approximate surface area is 140 Å². The molecule has 2 N–H and O–H groups in total. The van der Waals surface area contributed by atoms with Gasteiger partial charge in [-0.2, -0.15) is 4.52 Å². The third-order valence-corrected chi connectivity index (χ3v) is 4.11. The molecule has 0 saturated heterocycles. The van der Waals surface area contributed by atoms with Crippen molar-refractivity contribution in [2.75, 3.05) is 5.73 Å². The Morgan fingerprint density at radius 2 is 1.87 bits per heavy atom. The van der Waals surface area contributed by atoms with Gasteiger partial charge < -0.3 is 10.3 Å². The lowest BCUT2D eigenvalue weighted by atomic mass is 10.1. The molecule has 6 nitrogen and oxygen atoms in total. The third kappa shape index (κ3) is 2.42. The molecule has 4 rings (SSSR count). The predicted octanol–water partition coefficient (Wildman–Crippen LogP) is 3.94. The molecule has 3 heterocycles. The maximum absolute atomic E-state index is 6.08. The Balaban J connectivity index is 1.87. The molecule has 0 radical (unpaired) electrons. The Morgan fingerprint density at radius 3 is 2.61 bits per heavy atom. The smallest absolute Gasteiger partial charge is 0.220 e. The van der Waals surface area contributed by atoms with Crippen LogP contribution in [-0.4, -0.2) is 19.8 Å². The predicted molar refractivity (Wildman–Crippen MR) is 88.4 cm³/mol. The summed E-state index contributed by atoms with van der Waals surface area (Å²) in [4.78, 5) is 4.42. The molecule has 0 amide bonds. The van der Waals surface area contributed by atoms with Crippen LogP contribution in [-0.2, 0) is 0 Å². The molecular formula is C15H9Cl2N5O. The number of nitrogens with zero attached hydrogens (tertiary/aromatic N) is 4. The standard InChI is InChI=1S/C15H9Cl2N5O/c16-10-2-1-8(5-11(10)17)9-6-13(18)22-14(7-9)20-15(21-22)12-3-4-19-23-12/h1-7H,18H2. The van der Waals surface area contributed by atoms with E-state index in [0.29, 0.717) is 33.1 Å². The van der Waals surface area contributed by atoms with Gasteiger partial charge in [0.25, 0.3) is 0 Å². The molecule has 3 aromatic heterocycles. The van der Waals surface area contributed by atoms with Gasteiger partial charge in [-0.15, -0.1) is 5.10 Å². The van der Waals surface area contributed by atoms with Gasteiger partial charge in [-0.1, -0.05) is 34.4 Å². The van der Waals surface area contributed by atoms with E-state index in [-0.39, 0.29) is 0 Å². The van der Waals surface area contributed by atoms with Crippen LogP contribution >= 0.6 is 23.2 Å². The van der Waals surface area contributed by atoms with E-state index in [2.05, 4.69) is 15.2 Å². The highest BCUT2D eigenvalue weighted by atomic mass is 35.5. The molecule has 114 valence electrons. The third-order valence-electron chi connectivity index (χ3n) is 3.38. The first-order valence-electron chi connectivity index (χ1n) is 6.64. The van der Waals surface area contributed by atoms with Crippen LogP contribution < -0.4 is 5.73 Å². The fourth-order valence-corrected chi connectivity index (χ4v) is 2.58. The molecule has 0 aliphatic heterocycles. The topological polar surface area (TPSA) is 82.2 Å². The van der Waals surface area contributed by atoms with Gasteiger partial charge in [-0.25, -0.2) is 4.98 Å². The minimum Gasteiger partial charge on any atom is -0.384 e. The van der Waals surface area contributed by atoms with E-state index in [9.17, 15) is 0 Å². The quantitative estimate of drug-likeness (QED) is 0.594. The summed E-state index contributed by atoms with van der Waals surface area (Å²) in [5.41, 5.74) is 8.43. The molecule has 1 aromatic carbocycles. The lowest BCUT2D eigenvalue weighted by Crippen LogP contribution is -1.99. The molecule has 0 aliphatic rings. The first-order chi connectivity index (χ1) is 11.1. The van der Waals surface area contributed by atoms with Crippen molar-refractivity contribution in [1.82, 2.24) is 19.8 Å². The molecule has 23 heavy (non-hydrogen) atoms. The largest absolute Gasteiger partial charge is 0.384 e. The van der Waals surface area contributed by atoms with E-state index in [0.717, 1.165) is 11.1 Å². The number of halogens is 2. The lowest BCUT2D eigenvalue weighted by molar-refractivity contribution is 0.429. The SMILES string of the molecule is Nc1cc(-c2ccc(Cl)c(Cl)c2)cc2nc(-c3ccno3)nn12. The number of hydrogen-bond donors (Lipinski definition) is 1. The average molecular weight is 346 g/mol. The highest BCUT2D eigenvalue weighted by molar-refractivity contribution is 6.42. The van der Waals surface area contributed by atoms with Crippen molar-refractivity contribution in [3.8, 4) is 22.7 Å². The molecule has 0 spiro atoms. The van der Waals surface area contributed by atoms with Crippen LogP contribution in [0.2, 0.25) is 10.0 Å². The number of nitrogen functional groups attached to an aromatic ring is 1. The van der Waals surface area contributed by atoms with Crippen molar-refractivity contribution in [2.24, 2.45) is 0 Å². The maximum Gasteiger partial charge on any atom is 0.220 e. The summed E-state index contributed by atoms with van der Waals surface area (Å²) in [7, 11) is 0. The van der Waals surface area contributed by atoms with Gasteiger partial charge in [0.05, 0.1) is 16.2 Å². The summed E-state index contributed by atoms with van der Waals surface area (Å²) in [6, 6.07) is 10.7. The zero-order valence-corrected chi connectivity index (χ0v) is 13.1. The number of fused-ring (bicyclic) bond motifs is 1. The average Bonchev–Trinajstić information content (AvgIpc) is 3.18. The van der Waals surface area contributed by atoms with Gasteiger partial charge >= 0.3 is 0 Å². The minimum absolute atomic E-state index is 0.417. The van der Waals surface area contributed by atoms with Gasteiger partial charge in [0.15, 0.2) is 5.65 Å². The molecule has 0 atom stereocenters. The summed E-state index contributed by atoms with van der Waals surface area (Å²) >= 11 is 12.0. The van der Waals surface area contributed by atoms with Gasteiger partial charge in [-0.3, -0.25) is 0 Å². The van der Waals surface area contributed by atoms with Gasteiger partial charge in [-0.05, 0) is 35.4 Å². The van der Waals surface area contributed by atoms with Crippen molar-refractivity contribution >= 4 is 34.7 Å². The van der Waals surface area contributed by atoms with Crippen LogP contribution in [0.4, 0.5) is 5.82 Å². The molecule has 0 unspecified atom stereocenters. The summed E-state index contributed by atoms with van der Waals surface area (Å²) in [5.74, 6) is 1.34. The van der Waals surface area contributed by atoms with Gasteiger partial charge in [0.2, 0.25) is 11.6 Å². The van der Waals surface area contributed by atoms with Crippen LogP contribution in [0.15, 0.2) is 47.1 Å². The van der Waals surface area contributed by atoms with Crippen molar-refractivity contribution < 1.29 is 4.52 Å². The highest BCUT2D eigenvalue weighted by Crippen LogP contribution is 2.30. The molecule has 0 fully saturated rings. The Hall–Kier alpha value is -2.57. The van der Waals surface area contributed by atoms with E-state index in [1.807, 2.05) is 12.1 Å². The molecule has 0 aliphatic carbocycles. The van der Waals surface area contributed by atoms with Crippen molar-refractivity contribution in [3.05, 3.63) is 52.6 Å². The minimum atomic E-state index is 0.417. The molecule has 4 aromatic rings. The normalized spacial score (nSPS) is 11.2. The van der Waals surface area contributed by atoms with Gasteiger partial charge in [0, 0.05) is 6.07 Å². The maximum atomic E-state index is 6.08. The second-order valence-corrected chi connectivity index (χ2v) is 5.69. The summed E-state index contributed by atoms with van der Waals surface area (Å²) in [6.07, 6.45) is 1.53. The first kappa shape index (κ1) is 14.0. The molecule has 8 heteroatoms. The zero-order valence-electron chi connectivity index (χ0n) is 11.6. The fraction of sp³-hybridized carbons (Fsp3) is 0. The number of pyridine rings is 1. The fourth-order valence-electron chi connectivity index (χ4n) is 2.29. The molecule has 0 bridgehead atoms. The van der Waals surface area contributed by atoms with Gasteiger partial charge in [0.1, 0.15) is 5.82 Å². The Kier molecular flexibility index (Phi) is 3.21. The lowest BCUT2D eigenvalue weighted by Gasteiger charge is -2.06. The van der Waals surface area contributed by atoms with E-state index < -0.39 is 0 Å². The van der Waals surface area contributed by atoms with E-state index in [4.69, 9.17) is 33.5 Å². The van der Waals surface area contributed by atoms with Crippen LogP contribution in [0.25, 0.3) is 28.4 Å². The van der Waals surface area contributed by atoms with E-state index in [1.165, 1.54) is 6.20 Å². The summed E-state index contributed by atoms with van der Waals surface area (Å²) in [5, 5.41) is 8.95. The number of nitrogens with two attached hydrogens (primary N) is 1. The number of anilines is 1. The summed E-state index contributed by atoms with van der Waals surface area (Å²) in [6.45, 7) is 0. The second kappa shape index (κ2) is 5.26. The first-order valence-corrected chi connectivity index (χ1v) is 7.40. The monoisotopic (exact) mass is 345 g/mol. The second-order valence-electron chi connectivity index (χ2n) is 4.88.